The first kappa shape index (κ1) is 16.7. The summed E-state index contributed by atoms with van der Waals surface area (Å²) >= 11 is 0. The van der Waals surface area contributed by atoms with Crippen LogP contribution in [0.2, 0.25) is 0 Å². The van der Waals surface area contributed by atoms with E-state index >= 15 is 0 Å². The molecule has 23 heavy (non-hydrogen) atoms. The fourth-order valence-corrected chi connectivity index (χ4v) is 4.50. The van der Waals surface area contributed by atoms with Crippen molar-refractivity contribution in [3.8, 4) is 5.75 Å². The van der Waals surface area contributed by atoms with E-state index in [4.69, 9.17) is 9.47 Å². The second kappa shape index (κ2) is 6.75. The Bertz CT molecular complexity index is 612. The fraction of sp³-hybridized carbons (Fsp3) is 0.688. The summed E-state index contributed by atoms with van der Waals surface area (Å²) in [6, 6.07) is 3.72. The summed E-state index contributed by atoms with van der Waals surface area (Å²) < 4.78 is 37.1. The summed E-state index contributed by atoms with van der Waals surface area (Å²) in [5.41, 5.74) is 0.114. The van der Waals surface area contributed by atoms with Crippen LogP contribution in [0, 0.1) is 5.41 Å². The van der Waals surface area contributed by atoms with Crippen LogP contribution >= 0.6 is 0 Å². The van der Waals surface area contributed by atoms with E-state index in [9.17, 15) is 8.42 Å². The number of sulfonamides is 1. The van der Waals surface area contributed by atoms with Crippen LogP contribution in [0.5, 0.6) is 5.75 Å². The summed E-state index contributed by atoms with van der Waals surface area (Å²) in [4.78, 5) is 4.02. The lowest BCUT2D eigenvalue weighted by Crippen LogP contribution is -2.44. The zero-order valence-corrected chi connectivity index (χ0v) is 14.3. The Kier molecular flexibility index (Phi) is 4.89. The van der Waals surface area contributed by atoms with Crippen LogP contribution in [0.1, 0.15) is 26.2 Å². The molecule has 1 spiro atoms. The van der Waals surface area contributed by atoms with Gasteiger partial charge < -0.3 is 9.47 Å². The van der Waals surface area contributed by atoms with Crippen molar-refractivity contribution in [1.82, 2.24) is 9.29 Å². The van der Waals surface area contributed by atoms with Gasteiger partial charge in [-0.25, -0.2) is 12.7 Å². The molecule has 7 heteroatoms. The van der Waals surface area contributed by atoms with Crippen molar-refractivity contribution in [3.05, 3.63) is 24.5 Å². The monoisotopic (exact) mass is 340 g/mol. The van der Waals surface area contributed by atoms with Gasteiger partial charge in [0.2, 0.25) is 10.0 Å². The molecule has 1 atom stereocenters. The molecular formula is C16H24N2O4S. The molecule has 2 saturated heterocycles. The number of hydrogen-bond donors (Lipinski definition) is 0. The van der Waals surface area contributed by atoms with Gasteiger partial charge in [0.1, 0.15) is 12.4 Å². The Hall–Kier alpha value is -1.18. The third-order valence-corrected chi connectivity index (χ3v) is 6.78. The van der Waals surface area contributed by atoms with E-state index in [1.54, 1.807) is 23.6 Å². The summed E-state index contributed by atoms with van der Waals surface area (Å²) in [5.74, 6) is 0.929. The van der Waals surface area contributed by atoms with Gasteiger partial charge in [0.25, 0.3) is 0 Å². The Morgan fingerprint density at radius 3 is 2.87 bits per heavy atom. The van der Waals surface area contributed by atoms with E-state index in [1.165, 1.54) is 0 Å². The number of nitrogens with zero attached hydrogens (tertiary/aromatic N) is 2. The normalized spacial score (nSPS) is 24.8. The quantitative estimate of drug-likeness (QED) is 0.816. The Balaban J connectivity index is 1.50. The van der Waals surface area contributed by atoms with Crippen molar-refractivity contribution < 1.29 is 17.9 Å². The SMILES string of the molecule is CCS(=O)(=O)N1CCC2(CC1)CO[C@@H](COc1cccnc1)C2. The maximum Gasteiger partial charge on any atom is 0.213 e. The maximum absolute atomic E-state index is 12.0. The van der Waals surface area contributed by atoms with Gasteiger partial charge in [0.05, 0.1) is 24.7 Å². The minimum Gasteiger partial charge on any atom is -0.489 e. The van der Waals surface area contributed by atoms with Crippen molar-refractivity contribution >= 4 is 10.0 Å². The number of hydrogen-bond acceptors (Lipinski definition) is 5. The maximum atomic E-state index is 12.0. The van der Waals surface area contributed by atoms with E-state index in [2.05, 4.69) is 4.98 Å². The second-order valence-electron chi connectivity index (χ2n) is 6.44. The van der Waals surface area contributed by atoms with E-state index in [0.29, 0.717) is 26.3 Å². The molecule has 0 unspecified atom stereocenters. The highest BCUT2D eigenvalue weighted by molar-refractivity contribution is 7.89. The highest BCUT2D eigenvalue weighted by Crippen LogP contribution is 2.42. The summed E-state index contributed by atoms with van der Waals surface area (Å²) in [6.07, 6.45) is 6.16. The topological polar surface area (TPSA) is 68.7 Å². The molecule has 0 saturated carbocycles. The van der Waals surface area contributed by atoms with Gasteiger partial charge in [-0.15, -0.1) is 0 Å². The predicted octanol–water partition coefficient (Wildman–Crippen LogP) is 1.68. The van der Waals surface area contributed by atoms with Gasteiger partial charge in [-0.3, -0.25) is 4.98 Å². The lowest BCUT2D eigenvalue weighted by atomic mass is 9.77. The van der Waals surface area contributed by atoms with Crippen LogP contribution in [-0.2, 0) is 14.8 Å². The van der Waals surface area contributed by atoms with E-state index < -0.39 is 10.0 Å². The van der Waals surface area contributed by atoms with Gasteiger partial charge in [-0.1, -0.05) is 0 Å². The molecular weight excluding hydrogens is 316 g/mol. The Morgan fingerprint density at radius 1 is 1.43 bits per heavy atom. The van der Waals surface area contributed by atoms with Crippen LogP contribution < -0.4 is 4.74 Å². The number of rotatable bonds is 5. The first-order valence-corrected chi connectivity index (χ1v) is 9.76. The smallest absolute Gasteiger partial charge is 0.213 e. The number of ether oxygens (including phenoxy) is 2. The van der Waals surface area contributed by atoms with Crippen molar-refractivity contribution in [3.63, 3.8) is 0 Å². The van der Waals surface area contributed by atoms with Crippen LogP contribution in [0.15, 0.2) is 24.5 Å². The molecule has 0 bridgehead atoms. The molecule has 0 N–H and O–H groups in total. The Morgan fingerprint density at radius 2 is 2.22 bits per heavy atom. The average Bonchev–Trinajstić information content (AvgIpc) is 2.97. The molecule has 2 fully saturated rings. The first-order valence-electron chi connectivity index (χ1n) is 8.15. The number of piperidine rings is 1. The van der Waals surface area contributed by atoms with E-state index in [0.717, 1.165) is 25.0 Å². The predicted molar refractivity (Wildman–Crippen MR) is 86.8 cm³/mol. The molecule has 0 radical (unpaired) electrons. The lowest BCUT2D eigenvalue weighted by Gasteiger charge is -2.37. The number of pyridine rings is 1. The molecule has 128 valence electrons. The van der Waals surface area contributed by atoms with E-state index in [-0.39, 0.29) is 17.3 Å². The highest BCUT2D eigenvalue weighted by Gasteiger charge is 2.44. The minimum atomic E-state index is -3.07. The molecule has 3 rings (SSSR count). The van der Waals surface area contributed by atoms with Gasteiger partial charge >= 0.3 is 0 Å². The summed E-state index contributed by atoms with van der Waals surface area (Å²) in [5, 5.41) is 0. The number of aromatic nitrogens is 1. The first-order chi connectivity index (χ1) is 11.0. The van der Waals surface area contributed by atoms with Crippen molar-refractivity contribution in [2.24, 2.45) is 5.41 Å². The molecule has 2 aliphatic rings. The van der Waals surface area contributed by atoms with Gasteiger partial charge in [-0.2, -0.15) is 0 Å². The molecule has 0 aliphatic carbocycles. The highest BCUT2D eigenvalue weighted by atomic mass is 32.2. The van der Waals surface area contributed by atoms with Crippen LogP contribution in [-0.4, -0.2) is 55.9 Å². The van der Waals surface area contributed by atoms with Crippen LogP contribution in [0.4, 0.5) is 0 Å². The second-order valence-corrected chi connectivity index (χ2v) is 8.69. The van der Waals surface area contributed by atoms with E-state index in [1.807, 2.05) is 12.1 Å². The van der Waals surface area contributed by atoms with Crippen molar-refractivity contribution in [1.29, 1.82) is 0 Å². The largest absolute Gasteiger partial charge is 0.489 e. The van der Waals surface area contributed by atoms with Gasteiger partial charge in [0.15, 0.2) is 0 Å². The fourth-order valence-electron chi connectivity index (χ4n) is 3.39. The molecule has 3 heterocycles. The van der Waals surface area contributed by atoms with Crippen LogP contribution in [0.25, 0.3) is 0 Å². The third-order valence-electron chi connectivity index (χ3n) is 4.90. The van der Waals surface area contributed by atoms with Crippen molar-refractivity contribution in [2.45, 2.75) is 32.3 Å². The third kappa shape index (κ3) is 3.84. The average molecular weight is 340 g/mol. The van der Waals surface area contributed by atoms with Gasteiger partial charge in [-0.05, 0) is 43.7 Å². The molecule has 0 aromatic carbocycles. The molecule has 2 aliphatic heterocycles. The van der Waals surface area contributed by atoms with Gasteiger partial charge in [0, 0.05) is 19.3 Å². The zero-order chi connectivity index (χ0) is 16.3. The Labute approximate surface area is 137 Å². The minimum absolute atomic E-state index is 0.0736. The lowest BCUT2D eigenvalue weighted by molar-refractivity contribution is 0.0539. The molecule has 1 aromatic heterocycles. The standard InChI is InChI=1S/C16H24N2O4S/c1-2-23(19,20)18-8-5-16(6-9-18)10-15(22-13-16)12-21-14-4-3-7-17-11-14/h3-4,7,11,15H,2,5-6,8-10,12-13H2,1H3/t15-/m1/s1. The zero-order valence-electron chi connectivity index (χ0n) is 13.5. The summed E-state index contributed by atoms with van der Waals surface area (Å²) in [6.45, 7) is 4.13. The van der Waals surface area contributed by atoms with Crippen LogP contribution in [0.3, 0.4) is 0 Å². The van der Waals surface area contributed by atoms with Crippen molar-refractivity contribution in [2.75, 3.05) is 32.1 Å². The molecule has 1 aromatic rings. The molecule has 0 amide bonds. The summed E-state index contributed by atoms with van der Waals surface area (Å²) in [7, 11) is -3.07. The molecule has 6 nitrogen and oxygen atoms in total.